The quantitative estimate of drug-likeness (QED) is 0.507. The van der Waals surface area contributed by atoms with E-state index in [9.17, 15) is 28.2 Å². The molecule has 10 heteroatoms. The van der Waals surface area contributed by atoms with Gasteiger partial charge in [0.1, 0.15) is 11.5 Å². The number of hydrogen-bond donors (Lipinski definition) is 4. The molecule has 7 nitrogen and oxygen atoms in total. The predicted octanol–water partition coefficient (Wildman–Crippen LogP) is 4.38. The highest BCUT2D eigenvalue weighted by atomic mass is 19.4. The second kappa shape index (κ2) is 9.34. The summed E-state index contributed by atoms with van der Waals surface area (Å²) in [5.41, 5.74) is 0.827. The lowest BCUT2D eigenvalue weighted by atomic mass is 9.84. The normalized spacial score (nSPS) is 18.8. The smallest absolute Gasteiger partial charge is 0.418 e. The number of aliphatic hydroxyl groups is 2. The van der Waals surface area contributed by atoms with Gasteiger partial charge in [-0.15, -0.1) is 0 Å². The minimum absolute atomic E-state index is 0.0302. The lowest BCUT2D eigenvalue weighted by Crippen LogP contribution is -2.40. The molecule has 1 aliphatic carbocycles. The number of hydrogen-bond acceptors (Lipinski definition) is 5. The van der Waals surface area contributed by atoms with Crippen LogP contribution in [0.2, 0.25) is 0 Å². The maximum atomic E-state index is 13.3. The van der Waals surface area contributed by atoms with Crippen LogP contribution in [0, 0.1) is 0 Å². The Balaban J connectivity index is 1.89. The van der Waals surface area contributed by atoms with E-state index < -0.39 is 41.4 Å². The molecule has 0 fully saturated rings. The molecule has 0 saturated heterocycles. The lowest BCUT2D eigenvalue weighted by Gasteiger charge is -2.26. The average Bonchev–Trinajstić information content (AvgIpc) is 3.05. The van der Waals surface area contributed by atoms with Gasteiger partial charge in [-0.3, -0.25) is 0 Å². The molecule has 0 bridgehead atoms. The first-order valence-corrected chi connectivity index (χ1v) is 10.7. The highest BCUT2D eigenvalue weighted by Crippen LogP contribution is 2.43. The van der Waals surface area contributed by atoms with Crippen molar-refractivity contribution in [3.8, 4) is 11.5 Å². The SMILES string of the molecule is COc1ccc2c(c1)[C@H](O)[C@H](NC(=O)Nc1cc(C(C)(C)C)cc([C@H](O)C(F)(F)F)c1OC)C2. The van der Waals surface area contributed by atoms with Gasteiger partial charge in [-0.2, -0.15) is 13.2 Å². The third-order valence-corrected chi connectivity index (χ3v) is 5.85. The monoisotopic (exact) mass is 482 g/mol. The molecule has 0 aliphatic heterocycles. The summed E-state index contributed by atoms with van der Waals surface area (Å²) in [6, 6.07) is 6.60. The number of nitrogens with one attached hydrogen (secondary N) is 2. The Kier molecular flexibility index (Phi) is 7.05. The van der Waals surface area contributed by atoms with Crippen molar-refractivity contribution in [2.75, 3.05) is 19.5 Å². The van der Waals surface area contributed by atoms with E-state index in [0.717, 1.165) is 12.7 Å². The number of urea groups is 1. The molecule has 2 aromatic carbocycles. The second-order valence-corrected chi connectivity index (χ2v) is 9.26. The van der Waals surface area contributed by atoms with E-state index >= 15 is 0 Å². The molecule has 0 radical (unpaired) electrons. The van der Waals surface area contributed by atoms with Gasteiger partial charge in [-0.05, 0) is 52.8 Å². The second-order valence-electron chi connectivity index (χ2n) is 9.26. The summed E-state index contributed by atoms with van der Waals surface area (Å²) in [5, 5.41) is 25.8. The molecule has 0 spiro atoms. The summed E-state index contributed by atoms with van der Waals surface area (Å²) in [6.45, 7) is 5.38. The summed E-state index contributed by atoms with van der Waals surface area (Å²) in [6.07, 6.45) is -8.34. The summed E-state index contributed by atoms with van der Waals surface area (Å²) >= 11 is 0. The first-order valence-electron chi connectivity index (χ1n) is 10.7. The van der Waals surface area contributed by atoms with E-state index in [0.29, 0.717) is 23.3 Å². The van der Waals surface area contributed by atoms with Crippen molar-refractivity contribution in [3.63, 3.8) is 0 Å². The standard InChI is InChI=1S/C24H29F3N2O5/c1-23(2,3)13-9-16(21(31)24(25,26)27)20(34-5)18(10-13)29-22(32)28-17-8-12-6-7-14(33-4)11-15(12)19(17)30/h6-7,9-11,17,19,21,30-31H,8H2,1-5H3,(H2,28,29,32)/t17-,19+,21+/m1/s1. The van der Waals surface area contributed by atoms with Crippen LogP contribution in [0.15, 0.2) is 30.3 Å². The average molecular weight is 482 g/mol. The number of methoxy groups -OCH3 is 2. The van der Waals surface area contributed by atoms with Crippen molar-refractivity contribution in [2.45, 2.75) is 57.0 Å². The number of aliphatic hydroxyl groups excluding tert-OH is 2. The molecule has 0 saturated carbocycles. The summed E-state index contributed by atoms with van der Waals surface area (Å²) in [4.78, 5) is 12.8. The minimum Gasteiger partial charge on any atom is -0.497 e. The highest BCUT2D eigenvalue weighted by Gasteiger charge is 2.42. The van der Waals surface area contributed by atoms with Crippen molar-refractivity contribution < 1.29 is 37.7 Å². The third-order valence-electron chi connectivity index (χ3n) is 5.85. The van der Waals surface area contributed by atoms with Crippen molar-refractivity contribution in [2.24, 2.45) is 0 Å². The zero-order valence-electron chi connectivity index (χ0n) is 19.6. The van der Waals surface area contributed by atoms with Crippen LogP contribution in [-0.4, -0.2) is 42.7 Å². The van der Waals surface area contributed by atoms with Gasteiger partial charge in [-0.25, -0.2) is 4.79 Å². The van der Waals surface area contributed by atoms with Crippen LogP contribution in [0.25, 0.3) is 0 Å². The molecule has 0 unspecified atom stereocenters. The van der Waals surface area contributed by atoms with Gasteiger partial charge < -0.3 is 30.3 Å². The van der Waals surface area contributed by atoms with E-state index in [4.69, 9.17) is 9.47 Å². The van der Waals surface area contributed by atoms with Gasteiger partial charge in [0.2, 0.25) is 0 Å². The number of fused-ring (bicyclic) bond motifs is 1. The van der Waals surface area contributed by atoms with Crippen molar-refractivity contribution in [1.29, 1.82) is 0 Å². The largest absolute Gasteiger partial charge is 0.497 e. The van der Waals surface area contributed by atoms with Crippen molar-refractivity contribution >= 4 is 11.7 Å². The maximum absolute atomic E-state index is 13.3. The number of anilines is 1. The van der Waals surface area contributed by atoms with Crippen LogP contribution in [-0.2, 0) is 11.8 Å². The molecule has 186 valence electrons. The van der Waals surface area contributed by atoms with Crippen LogP contribution in [0.3, 0.4) is 0 Å². The van der Waals surface area contributed by atoms with Gasteiger partial charge >= 0.3 is 12.2 Å². The number of amides is 2. The van der Waals surface area contributed by atoms with Crippen molar-refractivity contribution in [3.05, 3.63) is 52.6 Å². The predicted molar refractivity (Wildman–Crippen MR) is 120 cm³/mol. The first kappa shape index (κ1) is 25.6. The molecule has 1 aliphatic rings. The Hall–Kier alpha value is -2.98. The fraction of sp³-hybridized carbons (Fsp3) is 0.458. The molecule has 2 aromatic rings. The zero-order valence-corrected chi connectivity index (χ0v) is 19.6. The van der Waals surface area contributed by atoms with Gasteiger partial charge in [0, 0.05) is 5.56 Å². The van der Waals surface area contributed by atoms with Crippen LogP contribution in [0.4, 0.5) is 23.7 Å². The molecule has 0 heterocycles. The van der Waals surface area contributed by atoms with Gasteiger partial charge in [0.25, 0.3) is 0 Å². The summed E-state index contributed by atoms with van der Waals surface area (Å²) in [7, 11) is 2.67. The van der Waals surface area contributed by atoms with E-state index in [1.807, 2.05) is 0 Å². The van der Waals surface area contributed by atoms with Crippen LogP contribution >= 0.6 is 0 Å². The maximum Gasteiger partial charge on any atom is 0.418 e. The van der Waals surface area contributed by atoms with Gasteiger partial charge in [0.15, 0.2) is 6.10 Å². The summed E-state index contributed by atoms with van der Waals surface area (Å²) < 4.78 is 50.3. The highest BCUT2D eigenvalue weighted by molar-refractivity contribution is 5.92. The lowest BCUT2D eigenvalue weighted by molar-refractivity contribution is -0.207. The molecule has 34 heavy (non-hydrogen) atoms. The third kappa shape index (κ3) is 5.23. The van der Waals surface area contributed by atoms with Crippen LogP contribution in [0.5, 0.6) is 11.5 Å². The Bertz CT molecular complexity index is 1070. The molecule has 3 atom stereocenters. The zero-order chi connectivity index (χ0) is 25.4. The number of carbonyl (C=O) groups excluding carboxylic acids is 1. The van der Waals surface area contributed by atoms with E-state index in [-0.39, 0.29) is 11.4 Å². The van der Waals surface area contributed by atoms with Crippen LogP contribution in [0.1, 0.15) is 55.2 Å². The Morgan fingerprint density at radius 3 is 2.35 bits per heavy atom. The van der Waals surface area contributed by atoms with Gasteiger partial charge in [0.05, 0.1) is 32.1 Å². The van der Waals surface area contributed by atoms with E-state index in [1.54, 1.807) is 39.0 Å². The Morgan fingerprint density at radius 2 is 1.79 bits per heavy atom. The fourth-order valence-electron chi connectivity index (χ4n) is 3.97. The van der Waals surface area contributed by atoms with Crippen molar-refractivity contribution in [1.82, 2.24) is 5.32 Å². The van der Waals surface area contributed by atoms with E-state index in [2.05, 4.69) is 10.6 Å². The first-order chi connectivity index (χ1) is 15.8. The van der Waals surface area contributed by atoms with Gasteiger partial charge in [-0.1, -0.05) is 26.8 Å². The van der Waals surface area contributed by atoms with E-state index in [1.165, 1.54) is 19.2 Å². The number of alkyl halides is 3. The Labute approximate surface area is 195 Å². The number of ether oxygens (including phenoxy) is 2. The fourth-order valence-corrected chi connectivity index (χ4v) is 3.97. The summed E-state index contributed by atoms with van der Waals surface area (Å²) in [5.74, 6) is 0.273. The molecule has 2 amide bonds. The molecule has 4 N–H and O–H groups in total. The number of benzene rings is 2. The number of carbonyl (C=O) groups is 1. The molecular weight excluding hydrogens is 453 g/mol. The molecule has 0 aromatic heterocycles. The number of halogens is 3. The number of rotatable bonds is 5. The topological polar surface area (TPSA) is 100 Å². The molecule has 3 rings (SSSR count). The Morgan fingerprint density at radius 1 is 1.12 bits per heavy atom. The minimum atomic E-state index is -4.93. The molecular formula is C24H29F3N2O5. The van der Waals surface area contributed by atoms with Crippen LogP contribution < -0.4 is 20.1 Å².